The average molecular weight is 348 g/mol. The monoisotopic (exact) mass is 348 g/mol. The minimum atomic E-state index is 0.137. The van der Waals surface area contributed by atoms with E-state index in [0.29, 0.717) is 5.89 Å². The first kappa shape index (κ1) is 16.8. The van der Waals surface area contributed by atoms with Crippen molar-refractivity contribution in [1.29, 1.82) is 0 Å². The smallest absolute Gasteiger partial charge is 0.227 e. The number of nitrogens with one attached hydrogen (secondary N) is 1. The molecule has 1 aromatic heterocycles. The quantitative estimate of drug-likeness (QED) is 0.667. The summed E-state index contributed by atoms with van der Waals surface area (Å²) >= 11 is 0. The van der Waals surface area contributed by atoms with E-state index in [1.165, 1.54) is 6.42 Å². The molecule has 0 spiro atoms. The molecular formula is C22H24N2O2. The highest BCUT2D eigenvalue weighted by Gasteiger charge is 2.21. The van der Waals surface area contributed by atoms with E-state index in [0.717, 1.165) is 59.2 Å². The standard InChI is InChI=1S/C22H24N2O2/c1-14-8-11-20-19(12-14)24-22(26-20)17-10-9-15(2)18(13-17)23-21(25)16-6-4-3-5-7-16/h8-13,16H,3-7H2,1-2H3,(H,23,25). The van der Waals surface area contributed by atoms with Gasteiger partial charge in [-0.05, 0) is 62.1 Å². The van der Waals surface area contributed by atoms with Crippen molar-refractivity contribution in [1.82, 2.24) is 4.98 Å². The molecular weight excluding hydrogens is 324 g/mol. The third kappa shape index (κ3) is 3.36. The fraction of sp³-hybridized carbons (Fsp3) is 0.364. The van der Waals surface area contributed by atoms with Gasteiger partial charge in [0, 0.05) is 17.2 Å². The molecule has 1 aliphatic rings. The highest BCUT2D eigenvalue weighted by atomic mass is 16.3. The molecule has 0 atom stereocenters. The predicted molar refractivity (Wildman–Crippen MR) is 104 cm³/mol. The van der Waals surface area contributed by atoms with E-state index in [1.54, 1.807) is 0 Å². The zero-order chi connectivity index (χ0) is 18.1. The molecule has 0 unspecified atom stereocenters. The van der Waals surface area contributed by atoms with E-state index in [-0.39, 0.29) is 11.8 Å². The van der Waals surface area contributed by atoms with Crippen LogP contribution < -0.4 is 5.32 Å². The average Bonchev–Trinajstić information content (AvgIpc) is 3.07. The second-order valence-corrected chi connectivity index (χ2v) is 7.34. The second-order valence-electron chi connectivity index (χ2n) is 7.34. The molecule has 26 heavy (non-hydrogen) atoms. The molecule has 3 aromatic rings. The maximum absolute atomic E-state index is 12.6. The molecule has 134 valence electrons. The Morgan fingerprint density at radius 3 is 2.69 bits per heavy atom. The number of anilines is 1. The Morgan fingerprint density at radius 1 is 1.08 bits per heavy atom. The van der Waals surface area contributed by atoms with Gasteiger partial charge in [0.25, 0.3) is 0 Å². The summed E-state index contributed by atoms with van der Waals surface area (Å²) in [7, 11) is 0. The molecule has 1 saturated carbocycles. The molecule has 1 heterocycles. The topological polar surface area (TPSA) is 55.1 Å². The van der Waals surface area contributed by atoms with Crippen LogP contribution in [0.1, 0.15) is 43.2 Å². The van der Waals surface area contributed by atoms with Gasteiger partial charge in [-0.3, -0.25) is 4.79 Å². The molecule has 1 N–H and O–H groups in total. The van der Waals surface area contributed by atoms with Crippen LogP contribution in [0.4, 0.5) is 5.69 Å². The number of aryl methyl sites for hydroxylation is 2. The highest BCUT2D eigenvalue weighted by molar-refractivity contribution is 5.94. The van der Waals surface area contributed by atoms with E-state index in [9.17, 15) is 4.79 Å². The van der Waals surface area contributed by atoms with Gasteiger partial charge in [-0.15, -0.1) is 0 Å². The van der Waals surface area contributed by atoms with Crippen LogP contribution in [0.15, 0.2) is 40.8 Å². The third-order valence-corrected chi connectivity index (χ3v) is 5.26. The maximum atomic E-state index is 12.6. The lowest BCUT2D eigenvalue weighted by molar-refractivity contribution is -0.120. The van der Waals surface area contributed by atoms with Gasteiger partial charge < -0.3 is 9.73 Å². The van der Waals surface area contributed by atoms with Crippen molar-refractivity contribution < 1.29 is 9.21 Å². The summed E-state index contributed by atoms with van der Waals surface area (Å²) in [5, 5.41) is 3.12. The summed E-state index contributed by atoms with van der Waals surface area (Å²) in [5.74, 6) is 0.857. The number of nitrogens with zero attached hydrogens (tertiary/aromatic N) is 1. The summed E-state index contributed by atoms with van der Waals surface area (Å²) in [4.78, 5) is 17.2. The molecule has 1 amide bonds. The van der Waals surface area contributed by atoms with Crippen molar-refractivity contribution in [3.63, 3.8) is 0 Å². The first-order valence-electron chi connectivity index (χ1n) is 9.39. The van der Waals surface area contributed by atoms with Crippen LogP contribution in [0.25, 0.3) is 22.6 Å². The summed E-state index contributed by atoms with van der Waals surface area (Å²) < 4.78 is 5.90. The Hall–Kier alpha value is -2.62. The number of aromatic nitrogens is 1. The molecule has 0 saturated heterocycles. The fourth-order valence-electron chi connectivity index (χ4n) is 3.65. The van der Waals surface area contributed by atoms with Gasteiger partial charge in [0.05, 0.1) is 0 Å². The van der Waals surface area contributed by atoms with Crippen LogP contribution >= 0.6 is 0 Å². The highest BCUT2D eigenvalue weighted by Crippen LogP contribution is 2.30. The summed E-state index contributed by atoms with van der Waals surface area (Å²) in [6.07, 6.45) is 5.54. The van der Waals surface area contributed by atoms with Gasteiger partial charge in [0.2, 0.25) is 11.8 Å². The molecule has 0 aliphatic heterocycles. The lowest BCUT2D eigenvalue weighted by Gasteiger charge is -2.21. The Bertz CT molecular complexity index is 952. The Balaban J connectivity index is 1.61. The molecule has 2 aromatic carbocycles. The van der Waals surface area contributed by atoms with Gasteiger partial charge in [-0.25, -0.2) is 4.98 Å². The van der Waals surface area contributed by atoms with Crippen LogP contribution in [-0.4, -0.2) is 10.9 Å². The van der Waals surface area contributed by atoms with Crippen molar-refractivity contribution >= 4 is 22.7 Å². The van der Waals surface area contributed by atoms with Crippen LogP contribution in [0.3, 0.4) is 0 Å². The lowest BCUT2D eigenvalue weighted by atomic mass is 9.88. The molecule has 1 fully saturated rings. The fourth-order valence-corrected chi connectivity index (χ4v) is 3.65. The number of rotatable bonds is 3. The zero-order valence-electron chi connectivity index (χ0n) is 15.3. The van der Waals surface area contributed by atoms with Crippen LogP contribution in [0.5, 0.6) is 0 Å². The minimum absolute atomic E-state index is 0.137. The van der Waals surface area contributed by atoms with Gasteiger partial charge in [0.15, 0.2) is 5.58 Å². The lowest BCUT2D eigenvalue weighted by Crippen LogP contribution is -2.25. The van der Waals surface area contributed by atoms with Gasteiger partial charge in [-0.2, -0.15) is 0 Å². The SMILES string of the molecule is Cc1ccc2oc(-c3ccc(C)c(NC(=O)C4CCCCC4)c3)nc2c1. The molecule has 1 aliphatic carbocycles. The van der Waals surface area contributed by atoms with Gasteiger partial charge in [0.1, 0.15) is 5.52 Å². The van der Waals surface area contributed by atoms with Crippen LogP contribution in [0, 0.1) is 19.8 Å². The number of hydrogen-bond acceptors (Lipinski definition) is 3. The number of fused-ring (bicyclic) bond motifs is 1. The summed E-state index contributed by atoms with van der Waals surface area (Å²) in [5.41, 5.74) is 5.55. The van der Waals surface area contributed by atoms with Gasteiger partial charge >= 0.3 is 0 Å². The molecule has 4 heteroatoms. The van der Waals surface area contributed by atoms with Crippen molar-refractivity contribution in [2.45, 2.75) is 46.0 Å². The zero-order valence-corrected chi connectivity index (χ0v) is 15.3. The van der Waals surface area contributed by atoms with E-state index in [4.69, 9.17) is 4.42 Å². The minimum Gasteiger partial charge on any atom is -0.436 e. The maximum Gasteiger partial charge on any atom is 0.227 e. The molecule has 0 radical (unpaired) electrons. The van der Waals surface area contributed by atoms with Crippen molar-refractivity contribution in [3.8, 4) is 11.5 Å². The first-order valence-corrected chi connectivity index (χ1v) is 9.39. The number of oxazole rings is 1. The van der Waals surface area contributed by atoms with E-state index < -0.39 is 0 Å². The number of benzene rings is 2. The van der Waals surface area contributed by atoms with Crippen molar-refractivity contribution in [2.24, 2.45) is 5.92 Å². The summed E-state index contributed by atoms with van der Waals surface area (Å²) in [6.45, 7) is 4.05. The van der Waals surface area contributed by atoms with Crippen LogP contribution in [-0.2, 0) is 4.79 Å². The Kier molecular flexibility index (Phi) is 4.49. The second kappa shape index (κ2) is 6.94. The van der Waals surface area contributed by atoms with Crippen molar-refractivity contribution in [2.75, 3.05) is 5.32 Å². The molecule has 4 nitrogen and oxygen atoms in total. The third-order valence-electron chi connectivity index (χ3n) is 5.26. The van der Waals surface area contributed by atoms with Crippen molar-refractivity contribution in [3.05, 3.63) is 47.5 Å². The van der Waals surface area contributed by atoms with Gasteiger partial charge in [-0.1, -0.05) is 31.4 Å². The number of carbonyl (C=O) groups is 1. The molecule has 0 bridgehead atoms. The van der Waals surface area contributed by atoms with E-state index in [1.807, 2.05) is 50.2 Å². The largest absolute Gasteiger partial charge is 0.436 e. The number of carbonyl (C=O) groups excluding carboxylic acids is 1. The van der Waals surface area contributed by atoms with E-state index >= 15 is 0 Å². The molecule has 4 rings (SSSR count). The van der Waals surface area contributed by atoms with Crippen LogP contribution in [0.2, 0.25) is 0 Å². The number of hydrogen-bond donors (Lipinski definition) is 1. The normalized spacial score (nSPS) is 15.3. The van der Waals surface area contributed by atoms with E-state index in [2.05, 4.69) is 10.3 Å². The summed E-state index contributed by atoms with van der Waals surface area (Å²) in [6, 6.07) is 11.9. The Labute approximate surface area is 153 Å². The first-order chi connectivity index (χ1) is 12.6. The Morgan fingerprint density at radius 2 is 1.88 bits per heavy atom. The number of amides is 1. The predicted octanol–water partition coefficient (Wildman–Crippen LogP) is 5.63.